The first-order valence-corrected chi connectivity index (χ1v) is 6.32. The van der Waals surface area contributed by atoms with Crippen molar-refractivity contribution in [2.24, 2.45) is 4.99 Å². The zero-order chi connectivity index (χ0) is 12.6. The average Bonchev–Trinajstić information content (AvgIpc) is 3.14. The van der Waals surface area contributed by atoms with Gasteiger partial charge < -0.3 is 9.47 Å². The Labute approximate surface area is 110 Å². The first kappa shape index (κ1) is 11.6. The Kier molecular flexibility index (Phi) is 2.77. The average molecular weight is 266 g/mol. The molecule has 3 rings (SSSR count). The number of rotatable bonds is 2. The summed E-state index contributed by atoms with van der Waals surface area (Å²) in [4.78, 5) is 14.4. The zero-order valence-corrected chi connectivity index (χ0v) is 10.5. The van der Waals surface area contributed by atoms with Crippen LogP contribution in [0.15, 0.2) is 17.1 Å². The molecule has 1 aromatic rings. The summed E-state index contributed by atoms with van der Waals surface area (Å²) in [5, 5.41) is 0.505. The molecule has 0 aromatic heterocycles. The second-order valence-electron chi connectivity index (χ2n) is 4.54. The molecule has 0 bridgehead atoms. The maximum Gasteiger partial charge on any atom is 0.235 e. The molecule has 2 aliphatic rings. The monoisotopic (exact) mass is 265 g/mol. The van der Waals surface area contributed by atoms with Crippen molar-refractivity contribution in [3.8, 4) is 11.5 Å². The third-order valence-corrected chi connectivity index (χ3v) is 3.71. The fourth-order valence-corrected chi connectivity index (χ4v) is 2.59. The van der Waals surface area contributed by atoms with Gasteiger partial charge in [0.25, 0.3) is 0 Å². The van der Waals surface area contributed by atoms with E-state index in [1.54, 1.807) is 6.08 Å². The molecule has 0 unspecified atom stereocenters. The van der Waals surface area contributed by atoms with Crippen LogP contribution in [0.1, 0.15) is 24.8 Å². The van der Waals surface area contributed by atoms with Crippen molar-refractivity contribution in [3.05, 3.63) is 22.7 Å². The highest BCUT2D eigenvalue weighted by atomic mass is 35.5. The van der Waals surface area contributed by atoms with Gasteiger partial charge in [0, 0.05) is 12.0 Å². The van der Waals surface area contributed by atoms with Crippen LogP contribution in [0.25, 0.3) is 0 Å². The predicted molar refractivity (Wildman–Crippen MR) is 66.1 cm³/mol. The van der Waals surface area contributed by atoms with Gasteiger partial charge in [-0.2, -0.15) is 4.99 Å². The Morgan fingerprint density at radius 3 is 2.78 bits per heavy atom. The van der Waals surface area contributed by atoms with Gasteiger partial charge >= 0.3 is 0 Å². The lowest BCUT2D eigenvalue weighted by molar-refractivity contribution is 0.297. The minimum atomic E-state index is -0.483. The molecule has 1 saturated carbocycles. The van der Waals surface area contributed by atoms with Crippen LogP contribution in [0.2, 0.25) is 5.02 Å². The number of nitrogens with zero attached hydrogens (tertiary/aromatic N) is 1. The van der Waals surface area contributed by atoms with Crippen LogP contribution < -0.4 is 9.47 Å². The van der Waals surface area contributed by atoms with E-state index in [4.69, 9.17) is 21.1 Å². The van der Waals surface area contributed by atoms with Crippen LogP contribution in [-0.2, 0) is 10.3 Å². The van der Waals surface area contributed by atoms with Gasteiger partial charge in [0.05, 0.1) is 23.8 Å². The second kappa shape index (κ2) is 4.30. The minimum Gasteiger partial charge on any atom is -0.490 e. The fraction of sp³-hybridized carbons (Fsp3) is 0.462. The highest BCUT2D eigenvalue weighted by molar-refractivity contribution is 6.33. The van der Waals surface area contributed by atoms with Gasteiger partial charge in [0.1, 0.15) is 0 Å². The summed E-state index contributed by atoms with van der Waals surface area (Å²) in [5.41, 5.74) is 0.348. The number of hydrogen-bond acceptors (Lipinski definition) is 4. The summed E-state index contributed by atoms with van der Waals surface area (Å²) in [6, 6.07) is 3.70. The largest absolute Gasteiger partial charge is 0.490 e. The number of carbonyl (C=O) groups excluding carboxylic acids is 1. The zero-order valence-electron chi connectivity index (χ0n) is 9.74. The van der Waals surface area contributed by atoms with Crippen molar-refractivity contribution in [2.45, 2.75) is 24.8 Å². The fourth-order valence-electron chi connectivity index (χ4n) is 2.21. The number of benzene rings is 1. The number of hydrogen-bond donors (Lipinski definition) is 0. The number of isocyanates is 1. The first-order chi connectivity index (χ1) is 8.77. The third-order valence-electron chi connectivity index (χ3n) is 3.34. The van der Waals surface area contributed by atoms with Crippen LogP contribution in [0.5, 0.6) is 11.5 Å². The van der Waals surface area contributed by atoms with E-state index in [9.17, 15) is 4.79 Å². The molecule has 18 heavy (non-hydrogen) atoms. The molecule has 94 valence electrons. The van der Waals surface area contributed by atoms with Crippen LogP contribution >= 0.6 is 11.6 Å². The van der Waals surface area contributed by atoms with Crippen LogP contribution in [0.3, 0.4) is 0 Å². The van der Waals surface area contributed by atoms with Crippen molar-refractivity contribution >= 4 is 17.7 Å². The second-order valence-corrected chi connectivity index (χ2v) is 4.92. The van der Waals surface area contributed by atoms with Gasteiger partial charge in [-0.05, 0) is 18.9 Å². The Hall–Kier alpha value is -1.51. The van der Waals surface area contributed by atoms with Crippen molar-refractivity contribution in [2.75, 3.05) is 13.2 Å². The third kappa shape index (κ3) is 1.78. The van der Waals surface area contributed by atoms with Gasteiger partial charge in [-0.1, -0.05) is 17.7 Å². The Bertz CT molecular complexity index is 533. The van der Waals surface area contributed by atoms with Crippen molar-refractivity contribution in [1.29, 1.82) is 0 Å². The smallest absolute Gasteiger partial charge is 0.235 e. The summed E-state index contributed by atoms with van der Waals surface area (Å²) >= 11 is 6.36. The molecule has 0 N–H and O–H groups in total. The molecule has 1 aliphatic carbocycles. The highest BCUT2D eigenvalue weighted by Crippen LogP contribution is 2.54. The van der Waals surface area contributed by atoms with Crippen LogP contribution in [0, 0.1) is 0 Å². The lowest BCUT2D eigenvalue weighted by Crippen LogP contribution is -2.05. The molecule has 0 radical (unpaired) electrons. The summed E-state index contributed by atoms with van der Waals surface area (Å²) in [6.45, 7) is 1.21. The molecule has 4 nitrogen and oxygen atoms in total. The van der Waals surface area contributed by atoms with Gasteiger partial charge in [-0.25, -0.2) is 4.79 Å². The van der Waals surface area contributed by atoms with Gasteiger partial charge in [-0.3, -0.25) is 0 Å². The summed E-state index contributed by atoms with van der Waals surface area (Å²) in [7, 11) is 0. The SMILES string of the molecule is O=C=NC1(c2ccc3c(c2Cl)OCCCO3)CC1. The maximum atomic E-state index is 10.5. The van der Waals surface area contributed by atoms with Gasteiger partial charge in [-0.15, -0.1) is 0 Å². The van der Waals surface area contributed by atoms with Crippen LogP contribution in [-0.4, -0.2) is 19.3 Å². The van der Waals surface area contributed by atoms with Crippen molar-refractivity contribution in [1.82, 2.24) is 0 Å². The maximum absolute atomic E-state index is 10.5. The summed E-state index contributed by atoms with van der Waals surface area (Å²) in [6.07, 6.45) is 4.11. The van der Waals surface area contributed by atoms with Crippen LogP contribution in [0.4, 0.5) is 0 Å². The number of ether oxygens (including phenoxy) is 2. The normalized spacial score (nSPS) is 19.6. The topological polar surface area (TPSA) is 47.9 Å². The van der Waals surface area contributed by atoms with Gasteiger partial charge in [0.2, 0.25) is 6.08 Å². The number of halogens is 1. The quantitative estimate of drug-likeness (QED) is 0.610. The minimum absolute atomic E-state index is 0.483. The Morgan fingerprint density at radius 1 is 1.28 bits per heavy atom. The molecule has 1 aromatic carbocycles. The molecule has 0 saturated heterocycles. The highest BCUT2D eigenvalue weighted by Gasteiger charge is 2.47. The molecule has 0 atom stereocenters. The number of aliphatic imine (C=N–C) groups is 1. The molecular weight excluding hydrogens is 254 g/mol. The lowest BCUT2D eigenvalue weighted by atomic mass is 10.0. The van der Waals surface area contributed by atoms with E-state index in [1.165, 1.54) is 0 Å². The lowest BCUT2D eigenvalue weighted by Gasteiger charge is -2.15. The molecule has 1 heterocycles. The summed E-state index contributed by atoms with van der Waals surface area (Å²) < 4.78 is 11.2. The van der Waals surface area contributed by atoms with E-state index in [0.29, 0.717) is 29.7 Å². The van der Waals surface area contributed by atoms with E-state index in [-0.39, 0.29) is 0 Å². The molecule has 0 spiro atoms. The van der Waals surface area contributed by atoms with E-state index < -0.39 is 5.54 Å². The molecular formula is C13H12ClNO3. The standard InChI is InChI=1S/C13H12ClNO3/c14-11-9(13(4-5-13)15-8-16)2-3-10-12(11)18-7-1-6-17-10/h2-3H,1,4-7H2. The van der Waals surface area contributed by atoms with Crippen molar-refractivity contribution < 1.29 is 14.3 Å². The first-order valence-electron chi connectivity index (χ1n) is 5.94. The van der Waals surface area contributed by atoms with E-state index in [1.807, 2.05) is 12.1 Å². The van der Waals surface area contributed by atoms with Crippen molar-refractivity contribution in [3.63, 3.8) is 0 Å². The van der Waals surface area contributed by atoms with E-state index in [2.05, 4.69) is 4.99 Å². The molecule has 5 heteroatoms. The molecule has 1 fully saturated rings. The predicted octanol–water partition coefficient (Wildman–Crippen LogP) is 2.83. The summed E-state index contributed by atoms with van der Waals surface area (Å²) in [5.74, 6) is 1.23. The van der Waals surface area contributed by atoms with Gasteiger partial charge in [0.15, 0.2) is 11.5 Å². The Balaban J connectivity index is 2.08. The molecule has 0 amide bonds. The Morgan fingerprint density at radius 2 is 2.06 bits per heavy atom. The number of fused-ring (bicyclic) bond motifs is 1. The van der Waals surface area contributed by atoms with E-state index in [0.717, 1.165) is 24.8 Å². The molecule has 1 aliphatic heterocycles. The van der Waals surface area contributed by atoms with E-state index >= 15 is 0 Å².